The summed E-state index contributed by atoms with van der Waals surface area (Å²) in [6.07, 6.45) is 5.13. The average molecular weight is 309 g/mol. The van der Waals surface area contributed by atoms with Gasteiger partial charge in [-0.3, -0.25) is 9.48 Å². The second kappa shape index (κ2) is 9.18. The van der Waals surface area contributed by atoms with Crippen molar-refractivity contribution < 1.29 is 4.79 Å². The molecule has 0 saturated carbocycles. The molecule has 1 amide bonds. The number of carbonyl (C=O) groups is 1. The van der Waals surface area contributed by atoms with Crippen molar-refractivity contribution in [2.75, 3.05) is 13.1 Å². The summed E-state index contributed by atoms with van der Waals surface area (Å²) in [6, 6.07) is 2.19. The minimum atomic E-state index is 0. The van der Waals surface area contributed by atoms with Crippen molar-refractivity contribution >= 4 is 30.7 Å². The summed E-state index contributed by atoms with van der Waals surface area (Å²) in [7, 11) is 0. The molecule has 19 heavy (non-hydrogen) atoms. The number of rotatable bonds is 4. The molecule has 0 radical (unpaired) electrons. The normalized spacial score (nSPS) is 21.9. The maximum absolute atomic E-state index is 11.8. The van der Waals surface area contributed by atoms with Crippen LogP contribution in [0.15, 0.2) is 18.5 Å². The van der Waals surface area contributed by atoms with Crippen LogP contribution >= 0.6 is 24.8 Å². The van der Waals surface area contributed by atoms with Crippen LogP contribution in [-0.2, 0) is 11.3 Å². The number of halogens is 2. The Bertz CT molecular complexity index is 359. The molecule has 0 aliphatic carbocycles. The molecule has 2 rings (SSSR count). The molecule has 5 nitrogen and oxygen atoms in total. The molecule has 7 heteroatoms. The van der Waals surface area contributed by atoms with Gasteiger partial charge >= 0.3 is 0 Å². The molecular formula is C12H22Cl2N4O. The highest BCUT2D eigenvalue weighted by atomic mass is 35.5. The van der Waals surface area contributed by atoms with Gasteiger partial charge in [-0.25, -0.2) is 0 Å². The molecule has 1 aliphatic heterocycles. The Labute approximate surface area is 126 Å². The molecule has 1 fully saturated rings. The summed E-state index contributed by atoms with van der Waals surface area (Å²) < 4.78 is 1.78. The fourth-order valence-electron chi connectivity index (χ4n) is 2.16. The van der Waals surface area contributed by atoms with Crippen molar-refractivity contribution in [2.24, 2.45) is 5.92 Å². The number of aryl methyl sites for hydroxylation is 1. The van der Waals surface area contributed by atoms with E-state index in [1.165, 1.54) is 0 Å². The first-order chi connectivity index (χ1) is 8.25. The summed E-state index contributed by atoms with van der Waals surface area (Å²) in [5, 5.41) is 10.5. The van der Waals surface area contributed by atoms with Gasteiger partial charge in [0.25, 0.3) is 0 Å². The monoisotopic (exact) mass is 308 g/mol. The van der Waals surface area contributed by atoms with Crippen LogP contribution in [0.5, 0.6) is 0 Å². The number of aromatic nitrogens is 2. The molecule has 110 valence electrons. The van der Waals surface area contributed by atoms with Crippen molar-refractivity contribution in [3.05, 3.63) is 18.5 Å². The zero-order chi connectivity index (χ0) is 12.1. The van der Waals surface area contributed by atoms with Crippen LogP contribution in [0.3, 0.4) is 0 Å². The highest BCUT2D eigenvalue weighted by molar-refractivity contribution is 5.85. The number of piperidine rings is 1. The van der Waals surface area contributed by atoms with Gasteiger partial charge < -0.3 is 10.6 Å². The number of hydrogen-bond donors (Lipinski definition) is 2. The standard InChI is InChI=1S/C12H20N4O.2ClH/c1-10-9-13-6-3-11(10)15-12(17)4-8-16-7-2-5-14-16;;/h2,5,7,10-11,13H,3-4,6,8-9H2,1H3,(H,15,17);2*1H. The Hall–Kier alpha value is -0.780. The minimum Gasteiger partial charge on any atom is -0.353 e. The van der Waals surface area contributed by atoms with Gasteiger partial charge in [-0.2, -0.15) is 5.10 Å². The van der Waals surface area contributed by atoms with Crippen molar-refractivity contribution in [2.45, 2.75) is 32.4 Å². The number of nitrogens with one attached hydrogen (secondary N) is 2. The molecule has 0 aromatic carbocycles. The molecule has 1 aliphatic rings. The highest BCUT2D eigenvalue weighted by Gasteiger charge is 2.22. The molecule has 2 heterocycles. The first-order valence-electron chi connectivity index (χ1n) is 6.23. The van der Waals surface area contributed by atoms with Gasteiger partial charge in [-0.1, -0.05) is 6.92 Å². The largest absolute Gasteiger partial charge is 0.353 e. The summed E-state index contributed by atoms with van der Waals surface area (Å²) in [4.78, 5) is 11.8. The van der Waals surface area contributed by atoms with Gasteiger partial charge in [-0.15, -0.1) is 24.8 Å². The van der Waals surface area contributed by atoms with Crippen LogP contribution in [0.4, 0.5) is 0 Å². The number of nitrogens with zero attached hydrogens (tertiary/aromatic N) is 2. The van der Waals surface area contributed by atoms with Crippen molar-refractivity contribution in [3.8, 4) is 0 Å². The fraction of sp³-hybridized carbons (Fsp3) is 0.667. The van der Waals surface area contributed by atoms with E-state index < -0.39 is 0 Å². The molecule has 0 spiro atoms. The summed E-state index contributed by atoms with van der Waals surface area (Å²) in [6.45, 7) is 4.81. The van der Waals surface area contributed by atoms with Gasteiger partial charge in [0.1, 0.15) is 0 Å². The third-order valence-corrected chi connectivity index (χ3v) is 3.26. The van der Waals surface area contributed by atoms with E-state index in [9.17, 15) is 4.79 Å². The van der Waals surface area contributed by atoms with Crippen LogP contribution < -0.4 is 10.6 Å². The topological polar surface area (TPSA) is 58.9 Å². The van der Waals surface area contributed by atoms with Gasteiger partial charge in [0.15, 0.2) is 0 Å². The van der Waals surface area contributed by atoms with Gasteiger partial charge in [0, 0.05) is 31.4 Å². The van der Waals surface area contributed by atoms with Crippen molar-refractivity contribution in [3.63, 3.8) is 0 Å². The Morgan fingerprint density at radius 1 is 1.53 bits per heavy atom. The smallest absolute Gasteiger partial charge is 0.222 e. The van der Waals surface area contributed by atoms with E-state index in [2.05, 4.69) is 22.7 Å². The highest BCUT2D eigenvalue weighted by Crippen LogP contribution is 2.10. The lowest BCUT2D eigenvalue weighted by Crippen LogP contribution is -2.48. The second-order valence-electron chi connectivity index (χ2n) is 4.66. The van der Waals surface area contributed by atoms with Crippen LogP contribution in [0.1, 0.15) is 19.8 Å². The zero-order valence-corrected chi connectivity index (χ0v) is 12.7. The Morgan fingerprint density at radius 2 is 2.32 bits per heavy atom. The summed E-state index contributed by atoms with van der Waals surface area (Å²) >= 11 is 0. The third-order valence-electron chi connectivity index (χ3n) is 3.26. The minimum absolute atomic E-state index is 0. The quantitative estimate of drug-likeness (QED) is 0.879. The molecule has 2 atom stereocenters. The number of hydrogen-bond acceptors (Lipinski definition) is 3. The molecule has 2 unspecified atom stereocenters. The zero-order valence-electron chi connectivity index (χ0n) is 11.0. The van der Waals surface area contributed by atoms with Crippen molar-refractivity contribution in [1.82, 2.24) is 20.4 Å². The van der Waals surface area contributed by atoms with Crippen LogP contribution in [0.25, 0.3) is 0 Å². The third kappa shape index (κ3) is 5.80. The predicted octanol–water partition coefficient (Wildman–Crippen LogP) is 1.23. The molecule has 1 aromatic rings. The SMILES string of the molecule is CC1CNCCC1NC(=O)CCn1cccn1.Cl.Cl. The van der Waals surface area contributed by atoms with E-state index in [0.29, 0.717) is 24.9 Å². The molecular weight excluding hydrogens is 287 g/mol. The van der Waals surface area contributed by atoms with E-state index in [1.807, 2.05) is 12.3 Å². The first-order valence-corrected chi connectivity index (χ1v) is 6.23. The number of carbonyl (C=O) groups excluding carboxylic acids is 1. The first kappa shape index (κ1) is 18.2. The fourth-order valence-corrected chi connectivity index (χ4v) is 2.16. The van der Waals surface area contributed by atoms with E-state index in [0.717, 1.165) is 19.5 Å². The van der Waals surface area contributed by atoms with E-state index >= 15 is 0 Å². The maximum atomic E-state index is 11.8. The van der Waals surface area contributed by atoms with Gasteiger partial charge in [0.2, 0.25) is 5.91 Å². The van der Waals surface area contributed by atoms with E-state index in [1.54, 1.807) is 10.9 Å². The lowest BCUT2D eigenvalue weighted by Gasteiger charge is -2.30. The Kier molecular flexibility index (Phi) is 8.80. The predicted molar refractivity (Wildman–Crippen MR) is 79.9 cm³/mol. The number of amides is 1. The van der Waals surface area contributed by atoms with Gasteiger partial charge in [0.05, 0.1) is 0 Å². The second-order valence-corrected chi connectivity index (χ2v) is 4.66. The molecule has 0 bridgehead atoms. The van der Waals surface area contributed by atoms with Crippen LogP contribution in [0.2, 0.25) is 0 Å². The lowest BCUT2D eigenvalue weighted by molar-refractivity contribution is -0.122. The maximum Gasteiger partial charge on any atom is 0.222 e. The Morgan fingerprint density at radius 3 is 2.95 bits per heavy atom. The summed E-state index contributed by atoms with van der Waals surface area (Å²) in [5.41, 5.74) is 0. The molecule has 1 saturated heterocycles. The van der Waals surface area contributed by atoms with Crippen molar-refractivity contribution in [1.29, 1.82) is 0 Å². The summed E-state index contributed by atoms with van der Waals surface area (Å²) in [5.74, 6) is 0.636. The van der Waals surface area contributed by atoms with E-state index in [-0.39, 0.29) is 30.7 Å². The molecule has 2 N–H and O–H groups in total. The molecule has 1 aromatic heterocycles. The van der Waals surface area contributed by atoms with E-state index in [4.69, 9.17) is 0 Å². The lowest BCUT2D eigenvalue weighted by atomic mass is 9.95. The van der Waals surface area contributed by atoms with Gasteiger partial charge in [-0.05, 0) is 31.5 Å². The average Bonchev–Trinajstić information content (AvgIpc) is 2.82. The van der Waals surface area contributed by atoms with Crippen LogP contribution in [-0.4, -0.2) is 34.8 Å². The van der Waals surface area contributed by atoms with Crippen LogP contribution in [0, 0.1) is 5.92 Å². The Balaban J connectivity index is 0.00000162.